The summed E-state index contributed by atoms with van der Waals surface area (Å²) in [5, 5.41) is 70.9. The zero-order valence-corrected chi connectivity index (χ0v) is 65.2. The summed E-state index contributed by atoms with van der Waals surface area (Å²) < 4.78 is 0. The van der Waals surface area contributed by atoms with Crippen LogP contribution in [0.1, 0.15) is 171 Å². The Balaban J connectivity index is 2.06. The summed E-state index contributed by atoms with van der Waals surface area (Å²) in [7, 11) is 0. The Morgan fingerprint density at radius 2 is 1.13 bits per heavy atom. The van der Waals surface area contributed by atoms with Crippen LogP contribution in [0, 0.1) is 17.8 Å². The van der Waals surface area contributed by atoms with Crippen molar-refractivity contribution in [2.45, 2.75) is 249 Å². The molecule has 23 N–H and O–H groups in total. The van der Waals surface area contributed by atoms with Crippen LogP contribution in [0.15, 0.2) is 42.5 Å². The van der Waals surface area contributed by atoms with Gasteiger partial charge in [-0.15, -0.1) is 0 Å². The van der Waals surface area contributed by atoms with Crippen LogP contribution in [-0.4, -0.2) is 242 Å². The molecular formula is C73H113N17O23. The van der Waals surface area contributed by atoms with Gasteiger partial charge in [-0.05, 0) is 101 Å². The van der Waals surface area contributed by atoms with Crippen LogP contribution in [0.3, 0.4) is 0 Å². The lowest BCUT2D eigenvalue weighted by Crippen LogP contribution is -2.65. The molecule has 3 rings (SSSR count). The minimum Gasteiger partial charge on any atom is -0.481 e. The van der Waals surface area contributed by atoms with Gasteiger partial charge in [-0.25, -0.2) is 0 Å². The summed E-state index contributed by atoms with van der Waals surface area (Å²) >= 11 is 0. The number of hydrogen-bond acceptors (Lipinski definition) is 21. The van der Waals surface area contributed by atoms with Crippen molar-refractivity contribution in [3.8, 4) is 0 Å². The number of amides is 17. The number of nitrogens with two attached hydrogens (primary N) is 3. The van der Waals surface area contributed by atoms with E-state index in [-0.39, 0.29) is 70.1 Å². The first-order valence-electron chi connectivity index (χ1n) is 37.5. The highest BCUT2D eigenvalue weighted by molar-refractivity contribution is 6.03. The molecule has 0 bridgehead atoms. The van der Waals surface area contributed by atoms with Gasteiger partial charge in [-0.3, -0.25) is 91.1 Å². The number of carboxylic acids is 2. The van der Waals surface area contributed by atoms with Gasteiger partial charge in [0.25, 0.3) is 0 Å². The number of carbonyl (C=O) groups is 19. The molecule has 1 saturated heterocycles. The minimum absolute atomic E-state index is 0.0692. The van der Waals surface area contributed by atoms with Gasteiger partial charge >= 0.3 is 11.9 Å². The number of rotatable bonds is 38. The number of carboxylic acid groups (broad SMARTS) is 2. The summed E-state index contributed by atoms with van der Waals surface area (Å²) in [4.78, 5) is 259. The van der Waals surface area contributed by atoms with Gasteiger partial charge < -0.3 is 112 Å². The van der Waals surface area contributed by atoms with E-state index in [4.69, 9.17) is 17.2 Å². The fourth-order valence-corrected chi connectivity index (χ4v) is 12.3. The van der Waals surface area contributed by atoms with Gasteiger partial charge in [-0.2, -0.15) is 0 Å². The number of likely N-dealkylation sites (tertiary alicyclic amines) is 1. The highest BCUT2D eigenvalue weighted by Gasteiger charge is 2.44. The second-order valence-corrected chi connectivity index (χ2v) is 29.2. The molecule has 0 saturated carbocycles. The van der Waals surface area contributed by atoms with Crippen molar-refractivity contribution in [2.75, 3.05) is 26.3 Å². The lowest BCUT2D eigenvalue weighted by atomic mass is 9.90. The molecule has 0 unspecified atom stereocenters. The highest BCUT2D eigenvalue weighted by Crippen LogP contribution is 2.23. The maximum absolute atomic E-state index is 15.0. The maximum Gasteiger partial charge on any atom is 0.305 e. The Labute approximate surface area is 653 Å². The van der Waals surface area contributed by atoms with Crippen LogP contribution < -0.4 is 86.3 Å². The van der Waals surface area contributed by atoms with Crippen LogP contribution in [0.25, 0.3) is 0 Å². The number of nitrogens with one attached hydrogen (secondary N) is 13. The summed E-state index contributed by atoms with van der Waals surface area (Å²) in [6, 6.07) is -9.67. The highest BCUT2D eigenvalue weighted by atomic mass is 16.4. The normalized spacial score (nSPS) is 21.9. The van der Waals surface area contributed by atoms with E-state index in [1.807, 2.05) is 0 Å². The Morgan fingerprint density at radius 3 is 1.68 bits per heavy atom. The topological polar surface area (TPSA) is 643 Å². The largest absolute Gasteiger partial charge is 0.481 e. The number of nitrogens with zero attached hydrogens (tertiary/aromatic N) is 1. The maximum atomic E-state index is 15.0. The zero-order valence-electron chi connectivity index (χ0n) is 65.2. The van der Waals surface area contributed by atoms with Gasteiger partial charge in [0.1, 0.15) is 77.5 Å². The lowest BCUT2D eigenvalue weighted by molar-refractivity contribution is -0.141. The number of benzene rings is 1. The number of aliphatic carboxylic acids is 2. The average molecular weight is 1600 g/mol. The van der Waals surface area contributed by atoms with Gasteiger partial charge in [0, 0.05) is 26.3 Å². The number of primary amides is 3. The molecule has 1 aromatic carbocycles. The molecule has 2 heterocycles. The van der Waals surface area contributed by atoms with Crippen LogP contribution >= 0.6 is 0 Å². The third-order valence-electron chi connectivity index (χ3n) is 19.3. The number of aliphatic hydroxyl groups is 2. The van der Waals surface area contributed by atoms with E-state index in [1.54, 1.807) is 84.0 Å². The van der Waals surface area contributed by atoms with E-state index >= 15 is 9.59 Å². The predicted molar refractivity (Wildman–Crippen MR) is 401 cm³/mol. The summed E-state index contributed by atoms with van der Waals surface area (Å²) in [6.07, 6.45) is 0.0463. The van der Waals surface area contributed by atoms with Crippen molar-refractivity contribution in [2.24, 2.45) is 35.0 Å². The van der Waals surface area contributed by atoms with Crippen molar-refractivity contribution >= 4 is 112 Å². The van der Waals surface area contributed by atoms with E-state index < -0.39 is 254 Å². The molecule has 0 radical (unpaired) electrons. The van der Waals surface area contributed by atoms with E-state index in [1.165, 1.54) is 25.7 Å². The molecule has 2 aliphatic heterocycles. The van der Waals surface area contributed by atoms with Gasteiger partial charge in [0.05, 0.1) is 39.0 Å². The molecule has 0 spiro atoms. The van der Waals surface area contributed by atoms with Crippen molar-refractivity contribution in [3.63, 3.8) is 0 Å². The van der Waals surface area contributed by atoms with Gasteiger partial charge in [0.15, 0.2) is 0 Å². The number of carbonyl (C=O) groups excluding carboxylic acids is 17. The van der Waals surface area contributed by atoms with Gasteiger partial charge in [-0.1, -0.05) is 96.9 Å². The SMILES string of the molecule is CC[C@H](C)[C@H](NC(=O)[C@H](CC(N)=O)NC(=O)[C@H](CO)NC(=O)CNC(=O)[C@H](CO)NC(=O)[C@@H]1CCCN1C(C)=O)C(=O)N[C@H](C(=O)N[C@@]1(C)CCC/C=C/CCC[C@@](C)(C(=O)N[C@@H](CCC(=O)O)C(=O)N[C@@H](CC(=O)O)C(N)=O)NC(=O)[C@H](Cc2ccccc2)NC(=O)[C@H](CC(C)C)NC(=O)[C@H](CC(N)=O)NC1=O)[C@@H](C)CC. The first-order valence-corrected chi connectivity index (χ1v) is 37.5. The molecule has 113 heavy (non-hydrogen) atoms. The van der Waals surface area contributed by atoms with E-state index in [9.17, 15) is 102 Å². The van der Waals surface area contributed by atoms with Crippen molar-refractivity contribution in [3.05, 3.63) is 48.0 Å². The third-order valence-corrected chi connectivity index (χ3v) is 19.3. The fourth-order valence-electron chi connectivity index (χ4n) is 12.3. The van der Waals surface area contributed by atoms with E-state index in [0.29, 0.717) is 24.9 Å². The first kappa shape index (κ1) is 96.0. The first-order chi connectivity index (χ1) is 53.0. The van der Waals surface area contributed by atoms with Crippen LogP contribution in [0.2, 0.25) is 0 Å². The molecular weight excluding hydrogens is 1480 g/mol. The third kappa shape index (κ3) is 31.8. The van der Waals surface area contributed by atoms with Crippen LogP contribution in [-0.2, 0) is 97.5 Å². The summed E-state index contributed by atoms with van der Waals surface area (Å²) in [5.41, 5.74) is 13.0. The van der Waals surface area contributed by atoms with Crippen LogP contribution in [0.4, 0.5) is 0 Å². The standard InChI is InChI=1S/C73H113N17O23/c1-10-39(5)57(86-64(106)47(32-52(74)94)82-65(107)50(37-92)78-54(96)35-77-60(102)49(36-91)83-67(109)51-24-21-29-90(51)41(7)93)68(110)87-58(40(6)11-2)69(111)89-73(9)28-20-15-13-12-14-19-27-72(8,70(112)84-43(25-26-55(97)98)61(103)79-44(59(76)101)34-56(99)100)88-66(108)46(31-42-22-17-16-18-23-42)81-62(104)45(30-38(3)4)80-63(105)48(33-53(75)95)85-71(73)113/h12-13,16-18,22-23,38-40,43-51,57-58,91-92H,10-11,14-15,19-21,24-37H2,1-9H3,(H2,74,94)(H2,75,95)(H2,76,101)(H,77,102)(H,78,96)(H,79,103)(H,80,105)(H,81,104)(H,82,107)(H,83,109)(H,84,112)(H,85,113)(H,86,106)(H,87,110)(H,88,108)(H,89,111)(H,97,98)(H,99,100)/b13-12+/t39-,40-,43-,44-,45-,46-,47-,48-,49-,50-,51-,57-,58-,72-,73-/m0/s1. The molecule has 628 valence electrons. The summed E-state index contributed by atoms with van der Waals surface area (Å²) in [5.74, 6) is -22.5. The molecule has 1 aromatic rings. The number of hydrogen-bond donors (Lipinski definition) is 20. The molecule has 40 nitrogen and oxygen atoms in total. The van der Waals surface area contributed by atoms with E-state index in [0.717, 1.165) is 0 Å². The van der Waals surface area contributed by atoms with Crippen molar-refractivity contribution < 1.29 is 112 Å². The lowest BCUT2D eigenvalue weighted by Gasteiger charge is -2.35. The molecule has 17 amide bonds. The molecule has 1 fully saturated rings. The number of allylic oxidation sites excluding steroid dienone is 2. The van der Waals surface area contributed by atoms with Crippen molar-refractivity contribution in [1.29, 1.82) is 0 Å². The molecule has 0 aromatic heterocycles. The second kappa shape index (κ2) is 46.6. The zero-order chi connectivity index (χ0) is 85.2. The summed E-state index contributed by atoms with van der Waals surface area (Å²) in [6.45, 7) is 11.1. The average Bonchev–Trinajstić information content (AvgIpc) is 1.62. The second-order valence-electron chi connectivity index (χ2n) is 29.2. The molecule has 0 aliphatic carbocycles. The quantitative estimate of drug-likeness (QED) is 0.0275. The Kier molecular flexibility index (Phi) is 39.6. The Morgan fingerprint density at radius 1 is 0.584 bits per heavy atom. The number of aliphatic hydroxyl groups excluding tert-OH is 2. The predicted octanol–water partition coefficient (Wildman–Crippen LogP) is -5.44. The molecule has 15 atom stereocenters. The van der Waals surface area contributed by atoms with E-state index in [2.05, 4.69) is 69.1 Å². The molecule has 2 aliphatic rings. The monoisotopic (exact) mass is 1600 g/mol. The molecule has 40 heteroatoms. The Hall–Kier alpha value is -11.2. The van der Waals surface area contributed by atoms with Gasteiger partial charge in [0.2, 0.25) is 100 Å². The Bertz CT molecular complexity index is 3620. The minimum atomic E-state index is -2.06. The smallest absolute Gasteiger partial charge is 0.305 e. The van der Waals surface area contributed by atoms with Crippen molar-refractivity contribution in [1.82, 2.24) is 74.0 Å². The fraction of sp³-hybridized carbons (Fsp3) is 0.630. The van der Waals surface area contributed by atoms with Crippen LogP contribution in [0.5, 0.6) is 0 Å².